The molecule has 1 saturated heterocycles. The molecule has 2 unspecified atom stereocenters. The zero-order chi connectivity index (χ0) is 7.61. The van der Waals surface area contributed by atoms with E-state index in [9.17, 15) is 0 Å². The molecule has 1 heterocycles. The lowest BCUT2D eigenvalue weighted by atomic mass is 10.4. The Morgan fingerprint density at radius 2 is 2.60 bits per heavy atom. The molecule has 0 amide bonds. The largest absolute Gasteiger partial charge is 0.318 e. The second kappa shape index (κ2) is 3.28. The third-order valence-electron chi connectivity index (χ3n) is 1.19. The Labute approximate surface area is 66.3 Å². The molecule has 1 aliphatic rings. The monoisotopic (exact) mass is 181 g/mol. The van der Waals surface area contributed by atoms with Gasteiger partial charge in [-0.25, -0.2) is 5.09 Å². The summed E-state index contributed by atoms with van der Waals surface area (Å²) in [4.78, 5) is 0. The Morgan fingerprint density at radius 3 is 3.00 bits per heavy atom. The quantitative estimate of drug-likeness (QED) is 0.649. The fraction of sp³-hybridized carbons (Fsp3) is 1.00. The first-order valence-corrected chi connectivity index (χ1v) is 5.98. The van der Waals surface area contributed by atoms with Gasteiger partial charge >= 0.3 is 0 Å². The lowest BCUT2D eigenvalue weighted by Gasteiger charge is -2.13. The van der Waals surface area contributed by atoms with Gasteiger partial charge in [0.1, 0.15) is 0 Å². The van der Waals surface area contributed by atoms with E-state index in [-0.39, 0.29) is 6.10 Å². The zero-order valence-corrected chi connectivity index (χ0v) is 7.87. The van der Waals surface area contributed by atoms with Gasteiger partial charge in [-0.2, -0.15) is 0 Å². The predicted molar refractivity (Wildman–Crippen MR) is 44.5 cm³/mol. The van der Waals surface area contributed by atoms with E-state index >= 15 is 0 Å². The fourth-order valence-corrected chi connectivity index (χ4v) is 3.37. The average Bonchev–Trinajstić information content (AvgIpc) is 2.12. The van der Waals surface area contributed by atoms with Crippen molar-refractivity contribution >= 4 is 18.4 Å². The second-order valence-electron chi connectivity index (χ2n) is 2.19. The van der Waals surface area contributed by atoms with Crippen LogP contribution in [0.3, 0.4) is 0 Å². The van der Waals surface area contributed by atoms with E-state index in [0.29, 0.717) is 6.61 Å². The zero-order valence-electron chi connectivity index (χ0n) is 6.16. The van der Waals surface area contributed by atoms with Gasteiger partial charge in [0.05, 0.1) is 12.7 Å². The lowest BCUT2D eigenvalue weighted by Crippen LogP contribution is -2.08. The van der Waals surface area contributed by atoms with Crippen molar-refractivity contribution in [3.8, 4) is 0 Å². The van der Waals surface area contributed by atoms with Gasteiger partial charge in [0.2, 0.25) is 0 Å². The minimum atomic E-state index is -2.04. The Bertz CT molecular complexity index is 158. The Morgan fingerprint density at radius 1 is 1.90 bits per heavy atom. The summed E-state index contributed by atoms with van der Waals surface area (Å²) in [5, 5.41) is 3.07. The maximum absolute atomic E-state index is 5.38. The highest BCUT2D eigenvalue weighted by molar-refractivity contribution is 8.09. The molecule has 3 nitrogen and oxygen atoms in total. The number of hydrogen-bond acceptors (Lipinski definition) is 3. The molecule has 60 valence electrons. The van der Waals surface area contributed by atoms with Crippen LogP contribution in [0.1, 0.15) is 13.8 Å². The minimum absolute atomic E-state index is 0.206. The van der Waals surface area contributed by atoms with Crippen molar-refractivity contribution in [2.75, 3.05) is 13.2 Å². The summed E-state index contributed by atoms with van der Waals surface area (Å²) in [6, 6.07) is 0. The van der Waals surface area contributed by atoms with Crippen molar-refractivity contribution < 1.29 is 9.05 Å². The van der Waals surface area contributed by atoms with Crippen LogP contribution in [-0.4, -0.2) is 19.3 Å². The van der Waals surface area contributed by atoms with Crippen LogP contribution in [0.15, 0.2) is 0 Å². The first-order chi connectivity index (χ1) is 4.66. The Hall–Kier alpha value is 0.530. The molecule has 2 atom stereocenters. The smallest absolute Gasteiger partial charge is 0.261 e. The third kappa shape index (κ3) is 2.01. The summed E-state index contributed by atoms with van der Waals surface area (Å²) in [5.41, 5.74) is 0. The van der Waals surface area contributed by atoms with Crippen LogP contribution in [0.5, 0.6) is 0 Å². The summed E-state index contributed by atoms with van der Waals surface area (Å²) in [6.45, 7) is 3.30. The first-order valence-electron chi connectivity index (χ1n) is 3.34. The lowest BCUT2D eigenvalue weighted by molar-refractivity contribution is 0.232. The van der Waals surface area contributed by atoms with Gasteiger partial charge in [-0.1, -0.05) is 0 Å². The SMILES string of the molecule is CCOP1(=S)NCC(C)O1. The van der Waals surface area contributed by atoms with E-state index < -0.39 is 6.64 Å². The van der Waals surface area contributed by atoms with Crippen LogP contribution >= 0.6 is 6.64 Å². The van der Waals surface area contributed by atoms with Crippen LogP contribution in [0.25, 0.3) is 0 Å². The van der Waals surface area contributed by atoms with E-state index in [1.807, 2.05) is 13.8 Å². The van der Waals surface area contributed by atoms with E-state index in [0.717, 1.165) is 6.54 Å². The summed E-state index contributed by atoms with van der Waals surface area (Å²) < 4.78 is 10.6. The molecule has 1 N–H and O–H groups in total. The molecule has 0 bridgehead atoms. The van der Waals surface area contributed by atoms with Gasteiger partial charge in [0.25, 0.3) is 6.64 Å². The Balaban J connectivity index is 2.47. The molecule has 0 saturated carbocycles. The molecule has 0 spiro atoms. The van der Waals surface area contributed by atoms with Crippen LogP contribution in [0, 0.1) is 0 Å². The fourth-order valence-electron chi connectivity index (χ4n) is 0.798. The highest BCUT2D eigenvalue weighted by atomic mass is 32.5. The molecule has 10 heavy (non-hydrogen) atoms. The molecule has 0 aliphatic carbocycles. The van der Waals surface area contributed by atoms with Gasteiger partial charge < -0.3 is 9.05 Å². The van der Waals surface area contributed by atoms with Gasteiger partial charge in [-0.15, -0.1) is 0 Å². The van der Waals surface area contributed by atoms with Crippen LogP contribution in [0.4, 0.5) is 0 Å². The third-order valence-corrected chi connectivity index (χ3v) is 3.96. The average molecular weight is 181 g/mol. The van der Waals surface area contributed by atoms with Crippen molar-refractivity contribution in [1.82, 2.24) is 5.09 Å². The topological polar surface area (TPSA) is 30.5 Å². The molecule has 0 aromatic carbocycles. The molecule has 1 aliphatic heterocycles. The molecule has 0 radical (unpaired) electrons. The predicted octanol–water partition coefficient (Wildman–Crippen LogP) is 1.26. The highest BCUT2D eigenvalue weighted by Crippen LogP contribution is 2.48. The van der Waals surface area contributed by atoms with Gasteiger partial charge in [-0.3, -0.25) is 0 Å². The van der Waals surface area contributed by atoms with Crippen LogP contribution in [-0.2, 0) is 20.9 Å². The summed E-state index contributed by atoms with van der Waals surface area (Å²) in [7, 11) is 0. The van der Waals surface area contributed by atoms with E-state index in [1.165, 1.54) is 0 Å². The standard InChI is InChI=1S/C5H12NO2PS/c1-3-7-9(10)6-4-5(2)8-9/h5H,3-4H2,1-2H3,(H,6,10). The summed E-state index contributed by atoms with van der Waals surface area (Å²) >= 11 is 5.10. The van der Waals surface area contributed by atoms with Crippen molar-refractivity contribution in [2.24, 2.45) is 0 Å². The Kier molecular flexibility index (Phi) is 2.83. The molecular formula is C5H12NO2PS. The van der Waals surface area contributed by atoms with Gasteiger partial charge in [0.15, 0.2) is 0 Å². The molecular weight excluding hydrogens is 169 g/mol. The molecule has 5 heteroatoms. The number of rotatable bonds is 2. The molecule has 1 rings (SSSR count). The van der Waals surface area contributed by atoms with E-state index in [4.69, 9.17) is 20.9 Å². The van der Waals surface area contributed by atoms with Gasteiger partial charge in [0, 0.05) is 6.54 Å². The van der Waals surface area contributed by atoms with E-state index in [1.54, 1.807) is 0 Å². The van der Waals surface area contributed by atoms with Crippen molar-refractivity contribution in [3.63, 3.8) is 0 Å². The normalized spacial score (nSPS) is 40.4. The second-order valence-corrected chi connectivity index (χ2v) is 5.42. The molecule has 0 aromatic heterocycles. The van der Waals surface area contributed by atoms with Crippen LogP contribution in [0.2, 0.25) is 0 Å². The molecule has 0 aromatic rings. The molecule has 1 fully saturated rings. The van der Waals surface area contributed by atoms with Crippen molar-refractivity contribution in [3.05, 3.63) is 0 Å². The summed E-state index contributed by atoms with van der Waals surface area (Å²) in [6.07, 6.45) is 0.206. The number of nitrogens with one attached hydrogen (secondary N) is 1. The van der Waals surface area contributed by atoms with Crippen molar-refractivity contribution in [2.45, 2.75) is 20.0 Å². The first kappa shape index (κ1) is 8.62. The van der Waals surface area contributed by atoms with E-state index in [2.05, 4.69) is 5.09 Å². The minimum Gasteiger partial charge on any atom is -0.318 e. The van der Waals surface area contributed by atoms with Crippen molar-refractivity contribution in [1.29, 1.82) is 0 Å². The maximum Gasteiger partial charge on any atom is 0.261 e. The van der Waals surface area contributed by atoms with Crippen LogP contribution < -0.4 is 5.09 Å². The summed E-state index contributed by atoms with van der Waals surface area (Å²) in [5.74, 6) is 0. The van der Waals surface area contributed by atoms with Gasteiger partial charge in [-0.05, 0) is 25.7 Å². The highest BCUT2D eigenvalue weighted by Gasteiger charge is 2.28. The maximum atomic E-state index is 5.38. The number of hydrogen-bond donors (Lipinski definition) is 1.